The molecule has 0 amide bonds. The van der Waals surface area contributed by atoms with E-state index in [1.807, 2.05) is 18.2 Å². The molecule has 29 heavy (non-hydrogen) atoms. The first-order chi connectivity index (χ1) is 13.8. The summed E-state index contributed by atoms with van der Waals surface area (Å²) in [4.78, 5) is 0.0970. The molecule has 0 spiro atoms. The topological polar surface area (TPSA) is 93.9 Å². The number of hydrogen-bond donors (Lipinski definition) is 0. The maximum atomic E-state index is 12.7. The Morgan fingerprint density at radius 1 is 0.862 bits per heavy atom. The Morgan fingerprint density at radius 2 is 1.52 bits per heavy atom. The van der Waals surface area contributed by atoms with E-state index in [9.17, 15) is 16.8 Å². The molecule has 7 nitrogen and oxygen atoms in total. The van der Waals surface area contributed by atoms with E-state index in [0.717, 1.165) is 0 Å². The van der Waals surface area contributed by atoms with Crippen LogP contribution in [0.1, 0.15) is 5.76 Å². The Labute approximate surface area is 169 Å². The standard InChI is InChI=1S/C20H19NO6S2/c22-28(23,15-18-7-4-12-26-18)20-13-21(14-20)29(24,25)19-10-8-17(9-11-19)27-16-5-2-1-3-6-16/h1-12,20H,13-15H2. The van der Waals surface area contributed by atoms with Crippen molar-refractivity contribution >= 4 is 19.9 Å². The van der Waals surface area contributed by atoms with Gasteiger partial charge in [0.05, 0.1) is 16.4 Å². The lowest BCUT2D eigenvalue weighted by Crippen LogP contribution is -2.56. The third-order valence-electron chi connectivity index (χ3n) is 4.69. The lowest BCUT2D eigenvalue weighted by atomic mass is 10.3. The summed E-state index contributed by atoms with van der Waals surface area (Å²) < 4.78 is 62.2. The van der Waals surface area contributed by atoms with Crippen LogP contribution in [0.3, 0.4) is 0 Å². The Balaban J connectivity index is 1.40. The number of para-hydroxylation sites is 1. The van der Waals surface area contributed by atoms with E-state index in [1.54, 1.807) is 36.4 Å². The van der Waals surface area contributed by atoms with Gasteiger partial charge in [0, 0.05) is 13.1 Å². The molecule has 3 aromatic rings. The van der Waals surface area contributed by atoms with E-state index in [0.29, 0.717) is 17.3 Å². The SMILES string of the molecule is O=S(=O)(Cc1ccco1)C1CN(S(=O)(=O)c2ccc(Oc3ccccc3)cc2)C1. The Morgan fingerprint density at radius 3 is 2.14 bits per heavy atom. The highest BCUT2D eigenvalue weighted by atomic mass is 32.2. The molecule has 4 rings (SSSR count). The van der Waals surface area contributed by atoms with Crippen molar-refractivity contribution < 1.29 is 26.0 Å². The predicted molar refractivity (Wildman–Crippen MR) is 107 cm³/mol. The Hall–Kier alpha value is -2.62. The summed E-state index contributed by atoms with van der Waals surface area (Å²) in [5, 5.41) is -0.733. The summed E-state index contributed by atoms with van der Waals surface area (Å²) in [5.41, 5.74) is 0. The first-order valence-corrected chi connectivity index (χ1v) is 12.1. The quantitative estimate of drug-likeness (QED) is 0.568. The number of sulfone groups is 1. The van der Waals surface area contributed by atoms with E-state index in [-0.39, 0.29) is 23.7 Å². The molecule has 152 valence electrons. The van der Waals surface area contributed by atoms with Crippen molar-refractivity contribution in [1.82, 2.24) is 4.31 Å². The normalized spacial score (nSPS) is 15.7. The minimum absolute atomic E-state index is 0.0619. The fourth-order valence-electron chi connectivity index (χ4n) is 2.99. The summed E-state index contributed by atoms with van der Waals surface area (Å²) in [7, 11) is -7.24. The van der Waals surface area contributed by atoms with Crippen LogP contribution in [-0.2, 0) is 25.6 Å². The fourth-order valence-corrected chi connectivity index (χ4v) is 6.32. The van der Waals surface area contributed by atoms with Crippen LogP contribution in [0.25, 0.3) is 0 Å². The van der Waals surface area contributed by atoms with Crippen LogP contribution in [0.5, 0.6) is 11.5 Å². The number of rotatable bonds is 7. The summed E-state index contributed by atoms with van der Waals surface area (Å²) >= 11 is 0. The summed E-state index contributed by atoms with van der Waals surface area (Å²) in [6, 6.07) is 18.4. The van der Waals surface area contributed by atoms with Crippen molar-refractivity contribution in [2.75, 3.05) is 13.1 Å². The number of sulfonamides is 1. The van der Waals surface area contributed by atoms with Crippen molar-refractivity contribution in [1.29, 1.82) is 0 Å². The highest BCUT2D eigenvalue weighted by Crippen LogP contribution is 2.29. The number of hydrogen-bond acceptors (Lipinski definition) is 6. The molecular formula is C20H19NO6S2. The summed E-state index contributed by atoms with van der Waals surface area (Å²) in [6.45, 7) is -0.124. The average Bonchev–Trinajstić information content (AvgIpc) is 3.13. The van der Waals surface area contributed by atoms with Gasteiger partial charge >= 0.3 is 0 Å². The zero-order valence-electron chi connectivity index (χ0n) is 15.3. The van der Waals surface area contributed by atoms with Crippen LogP contribution >= 0.6 is 0 Å². The van der Waals surface area contributed by atoms with E-state index in [2.05, 4.69) is 0 Å². The van der Waals surface area contributed by atoms with Crippen LogP contribution in [0.15, 0.2) is 82.3 Å². The monoisotopic (exact) mass is 433 g/mol. The van der Waals surface area contributed by atoms with Crippen molar-refractivity contribution in [2.24, 2.45) is 0 Å². The maximum Gasteiger partial charge on any atom is 0.243 e. The first-order valence-electron chi connectivity index (χ1n) is 8.92. The molecule has 1 fully saturated rings. The molecule has 1 aliphatic heterocycles. The van der Waals surface area contributed by atoms with Gasteiger partial charge < -0.3 is 9.15 Å². The maximum absolute atomic E-state index is 12.7. The molecule has 0 radical (unpaired) electrons. The minimum Gasteiger partial charge on any atom is -0.468 e. The molecule has 0 unspecified atom stereocenters. The van der Waals surface area contributed by atoms with E-state index in [1.165, 1.54) is 22.7 Å². The average molecular weight is 434 g/mol. The van der Waals surface area contributed by atoms with Gasteiger partial charge in [-0.15, -0.1) is 0 Å². The minimum atomic E-state index is -3.76. The van der Waals surface area contributed by atoms with Gasteiger partial charge in [0.2, 0.25) is 10.0 Å². The fraction of sp³-hybridized carbons (Fsp3) is 0.200. The van der Waals surface area contributed by atoms with Gasteiger partial charge in [-0.3, -0.25) is 0 Å². The number of nitrogens with zero attached hydrogens (tertiary/aromatic N) is 1. The molecule has 1 aromatic heterocycles. The largest absolute Gasteiger partial charge is 0.468 e. The molecule has 0 N–H and O–H groups in total. The molecule has 2 aromatic carbocycles. The highest BCUT2D eigenvalue weighted by Gasteiger charge is 2.43. The molecule has 0 aliphatic carbocycles. The third-order valence-corrected chi connectivity index (χ3v) is 8.53. The second-order valence-electron chi connectivity index (χ2n) is 6.72. The zero-order chi connectivity index (χ0) is 20.5. The lowest BCUT2D eigenvalue weighted by molar-refractivity contribution is 0.309. The molecule has 0 bridgehead atoms. The van der Waals surface area contributed by atoms with Crippen LogP contribution in [0.2, 0.25) is 0 Å². The van der Waals surface area contributed by atoms with E-state index < -0.39 is 25.1 Å². The van der Waals surface area contributed by atoms with Crippen LogP contribution in [-0.4, -0.2) is 39.5 Å². The number of benzene rings is 2. The lowest BCUT2D eigenvalue weighted by Gasteiger charge is -2.37. The van der Waals surface area contributed by atoms with Gasteiger partial charge in [-0.2, -0.15) is 4.31 Å². The smallest absolute Gasteiger partial charge is 0.243 e. The van der Waals surface area contributed by atoms with Crippen molar-refractivity contribution in [3.63, 3.8) is 0 Å². The Kier molecular flexibility index (Phi) is 5.20. The van der Waals surface area contributed by atoms with E-state index >= 15 is 0 Å². The second kappa shape index (κ2) is 7.66. The van der Waals surface area contributed by atoms with E-state index in [4.69, 9.17) is 9.15 Å². The van der Waals surface area contributed by atoms with Gasteiger partial charge in [-0.1, -0.05) is 18.2 Å². The number of ether oxygens (including phenoxy) is 1. The van der Waals surface area contributed by atoms with Crippen molar-refractivity contribution in [2.45, 2.75) is 15.9 Å². The molecule has 0 atom stereocenters. The number of furan rings is 1. The summed E-state index contributed by atoms with van der Waals surface area (Å²) in [6.07, 6.45) is 1.41. The highest BCUT2D eigenvalue weighted by molar-refractivity contribution is 7.92. The van der Waals surface area contributed by atoms with Gasteiger partial charge in [-0.25, -0.2) is 16.8 Å². The van der Waals surface area contributed by atoms with Gasteiger partial charge in [-0.05, 0) is 48.5 Å². The zero-order valence-corrected chi connectivity index (χ0v) is 17.0. The van der Waals surface area contributed by atoms with Gasteiger partial charge in [0.1, 0.15) is 23.0 Å². The van der Waals surface area contributed by atoms with Crippen molar-refractivity contribution in [3.05, 3.63) is 78.8 Å². The second-order valence-corrected chi connectivity index (χ2v) is 10.9. The van der Waals surface area contributed by atoms with Gasteiger partial charge in [0.25, 0.3) is 0 Å². The molecule has 2 heterocycles. The molecule has 1 saturated heterocycles. The van der Waals surface area contributed by atoms with Crippen LogP contribution in [0.4, 0.5) is 0 Å². The van der Waals surface area contributed by atoms with Crippen LogP contribution < -0.4 is 4.74 Å². The third kappa shape index (κ3) is 4.21. The summed E-state index contributed by atoms with van der Waals surface area (Å²) in [5.74, 6) is 1.28. The molecule has 0 saturated carbocycles. The van der Waals surface area contributed by atoms with Crippen molar-refractivity contribution in [3.8, 4) is 11.5 Å². The molecular weight excluding hydrogens is 414 g/mol. The van der Waals surface area contributed by atoms with Gasteiger partial charge in [0.15, 0.2) is 9.84 Å². The van der Waals surface area contributed by atoms with Crippen LogP contribution in [0, 0.1) is 0 Å². The molecule has 9 heteroatoms. The first kappa shape index (κ1) is 19.7. The predicted octanol–water partition coefficient (Wildman–Crippen LogP) is 3.06. The molecule has 1 aliphatic rings. The Bertz CT molecular complexity index is 1170.